The Morgan fingerprint density at radius 1 is 0.786 bits per heavy atom. The minimum Gasteiger partial charge on any atom is -0.493 e. The van der Waals surface area contributed by atoms with E-state index in [1.165, 1.54) is 18.2 Å². The first kappa shape index (κ1) is 30.3. The molecule has 1 atom stereocenters. The van der Waals surface area contributed by atoms with Gasteiger partial charge in [-0.05, 0) is 97.9 Å². The van der Waals surface area contributed by atoms with E-state index in [9.17, 15) is 4.79 Å². The predicted molar refractivity (Wildman–Crippen MR) is 169 cm³/mol. The van der Waals surface area contributed by atoms with Gasteiger partial charge < -0.3 is 9.47 Å². The number of hydrogen-bond donors (Lipinski definition) is 0. The molecule has 0 N–H and O–H groups in total. The van der Waals surface area contributed by atoms with Crippen molar-refractivity contribution < 1.29 is 14.3 Å². The number of unbranched alkanes of at least 4 members (excludes halogenated alkanes) is 2. The Balaban J connectivity index is 1.38. The number of nitriles is 1. The fourth-order valence-electron chi connectivity index (χ4n) is 4.99. The highest BCUT2D eigenvalue weighted by Crippen LogP contribution is 2.24. The van der Waals surface area contributed by atoms with Crippen LogP contribution in [-0.2, 0) is 24.0 Å². The summed E-state index contributed by atoms with van der Waals surface area (Å²) in [5, 5.41) is 9.12. The van der Waals surface area contributed by atoms with Gasteiger partial charge in [-0.15, -0.1) is 0 Å². The first-order valence-electron chi connectivity index (χ1n) is 14.7. The van der Waals surface area contributed by atoms with Crippen LogP contribution in [0.15, 0.2) is 109 Å². The van der Waals surface area contributed by atoms with E-state index in [-0.39, 0.29) is 11.9 Å². The maximum atomic E-state index is 11.9. The molecule has 0 bridgehead atoms. The van der Waals surface area contributed by atoms with Crippen molar-refractivity contribution in [1.82, 2.24) is 0 Å². The standard InChI is InChI=1S/C38H39NO3/c1-41-38(40)36-25-22-33(23-26-36)28-32(18-15-31-16-19-34(29-39)20-17-31)21-24-35-13-7-8-14-37(35)42-27-9-3-6-12-30-10-4-2-5-11-30/h2,4-5,7-8,10-11,13-14,16-17,19-26,32H,3,6,9,12,15,18,27-28H2,1H3/b24-21+. The molecule has 0 saturated carbocycles. The largest absolute Gasteiger partial charge is 0.493 e. The number of ether oxygens (including phenoxy) is 2. The third-order valence-electron chi connectivity index (χ3n) is 7.44. The highest BCUT2D eigenvalue weighted by Gasteiger charge is 2.11. The molecule has 0 saturated heterocycles. The van der Waals surface area contributed by atoms with E-state index in [2.05, 4.69) is 54.6 Å². The number of para-hydroxylation sites is 1. The molecule has 0 aromatic heterocycles. The van der Waals surface area contributed by atoms with Gasteiger partial charge in [-0.1, -0.05) is 84.9 Å². The topological polar surface area (TPSA) is 59.3 Å². The van der Waals surface area contributed by atoms with Crippen molar-refractivity contribution in [3.05, 3.63) is 143 Å². The lowest BCUT2D eigenvalue weighted by atomic mass is 9.91. The summed E-state index contributed by atoms with van der Waals surface area (Å²) < 4.78 is 11.1. The van der Waals surface area contributed by atoms with Gasteiger partial charge in [-0.3, -0.25) is 0 Å². The van der Waals surface area contributed by atoms with Crippen molar-refractivity contribution in [2.45, 2.75) is 44.9 Å². The summed E-state index contributed by atoms with van der Waals surface area (Å²) in [6, 6.07) is 36.5. The molecule has 4 nitrogen and oxygen atoms in total. The van der Waals surface area contributed by atoms with Crippen LogP contribution in [0.5, 0.6) is 5.75 Å². The Morgan fingerprint density at radius 2 is 1.48 bits per heavy atom. The van der Waals surface area contributed by atoms with Gasteiger partial charge in [0.15, 0.2) is 0 Å². The first-order chi connectivity index (χ1) is 20.6. The Kier molecular flexibility index (Phi) is 12.0. The molecular formula is C38H39NO3. The smallest absolute Gasteiger partial charge is 0.337 e. The molecule has 4 aromatic carbocycles. The maximum Gasteiger partial charge on any atom is 0.337 e. The molecule has 4 rings (SSSR count). The van der Waals surface area contributed by atoms with Crippen LogP contribution in [0.4, 0.5) is 0 Å². The molecule has 0 fully saturated rings. The first-order valence-corrected chi connectivity index (χ1v) is 14.7. The average molecular weight is 558 g/mol. The number of hydrogen-bond acceptors (Lipinski definition) is 4. The number of carbonyl (C=O) groups is 1. The van der Waals surface area contributed by atoms with E-state index in [0.29, 0.717) is 17.7 Å². The predicted octanol–water partition coefficient (Wildman–Crippen LogP) is 8.64. The van der Waals surface area contributed by atoms with Crippen molar-refractivity contribution in [2.75, 3.05) is 13.7 Å². The summed E-state index contributed by atoms with van der Waals surface area (Å²) in [6.07, 6.45) is 11.6. The summed E-state index contributed by atoms with van der Waals surface area (Å²) >= 11 is 0. The number of allylic oxidation sites excluding steroid dienone is 1. The third kappa shape index (κ3) is 9.78. The number of rotatable bonds is 15. The zero-order valence-corrected chi connectivity index (χ0v) is 24.4. The van der Waals surface area contributed by atoms with Gasteiger partial charge in [-0.25, -0.2) is 4.79 Å². The number of carbonyl (C=O) groups excluding carboxylic acids is 1. The van der Waals surface area contributed by atoms with Crippen molar-refractivity contribution in [1.29, 1.82) is 5.26 Å². The second-order valence-electron chi connectivity index (χ2n) is 10.5. The van der Waals surface area contributed by atoms with Crippen molar-refractivity contribution >= 4 is 12.0 Å². The van der Waals surface area contributed by atoms with E-state index in [1.54, 1.807) is 0 Å². The van der Waals surface area contributed by atoms with Gasteiger partial charge in [0.25, 0.3) is 0 Å². The van der Waals surface area contributed by atoms with E-state index in [1.807, 2.05) is 66.7 Å². The van der Waals surface area contributed by atoms with Crippen LogP contribution in [0.3, 0.4) is 0 Å². The summed E-state index contributed by atoms with van der Waals surface area (Å²) in [7, 11) is 1.40. The van der Waals surface area contributed by atoms with Crippen LogP contribution in [0.1, 0.15) is 63.9 Å². The molecule has 0 radical (unpaired) electrons. The monoisotopic (exact) mass is 557 g/mol. The lowest BCUT2D eigenvalue weighted by Crippen LogP contribution is -2.05. The van der Waals surface area contributed by atoms with Crippen LogP contribution >= 0.6 is 0 Å². The quantitative estimate of drug-likeness (QED) is 0.108. The van der Waals surface area contributed by atoms with Gasteiger partial charge in [0.05, 0.1) is 30.9 Å². The normalized spacial score (nSPS) is 11.6. The van der Waals surface area contributed by atoms with Gasteiger partial charge in [0, 0.05) is 5.56 Å². The highest BCUT2D eigenvalue weighted by atomic mass is 16.5. The second kappa shape index (κ2) is 16.6. The molecule has 1 unspecified atom stereocenters. The molecule has 0 heterocycles. The molecular weight excluding hydrogens is 518 g/mol. The van der Waals surface area contributed by atoms with Gasteiger partial charge in [0.1, 0.15) is 5.75 Å². The van der Waals surface area contributed by atoms with Crippen LogP contribution in [0, 0.1) is 17.2 Å². The number of esters is 1. The minimum absolute atomic E-state index is 0.274. The molecule has 0 aliphatic rings. The molecule has 4 heteroatoms. The third-order valence-corrected chi connectivity index (χ3v) is 7.44. The molecule has 0 aliphatic carbocycles. The second-order valence-corrected chi connectivity index (χ2v) is 10.5. The Hall–Kier alpha value is -4.62. The number of benzene rings is 4. The fraction of sp³-hybridized carbons (Fsp3) is 0.263. The van der Waals surface area contributed by atoms with Crippen molar-refractivity contribution in [2.24, 2.45) is 5.92 Å². The summed E-state index contributed by atoms with van der Waals surface area (Å²) in [6.45, 7) is 0.703. The number of aryl methyl sites for hydroxylation is 2. The highest BCUT2D eigenvalue weighted by molar-refractivity contribution is 5.89. The fourth-order valence-corrected chi connectivity index (χ4v) is 4.99. The summed E-state index contributed by atoms with van der Waals surface area (Å²) in [5.74, 6) is 0.854. The molecule has 0 amide bonds. The van der Waals surface area contributed by atoms with Crippen LogP contribution in [0.2, 0.25) is 0 Å². The summed E-state index contributed by atoms with van der Waals surface area (Å²) in [4.78, 5) is 11.9. The van der Waals surface area contributed by atoms with Crippen molar-refractivity contribution in [3.8, 4) is 11.8 Å². The van der Waals surface area contributed by atoms with Crippen molar-refractivity contribution in [3.63, 3.8) is 0 Å². The molecule has 0 spiro atoms. The van der Waals surface area contributed by atoms with E-state index >= 15 is 0 Å². The Labute approximate surface area is 250 Å². The van der Waals surface area contributed by atoms with E-state index < -0.39 is 0 Å². The molecule has 0 aliphatic heterocycles. The van der Waals surface area contributed by atoms with Gasteiger partial charge in [0.2, 0.25) is 0 Å². The molecule has 4 aromatic rings. The lowest BCUT2D eigenvalue weighted by Gasteiger charge is -2.15. The van der Waals surface area contributed by atoms with E-state index in [0.717, 1.165) is 61.8 Å². The van der Waals surface area contributed by atoms with Crippen LogP contribution in [-0.4, -0.2) is 19.7 Å². The summed E-state index contributed by atoms with van der Waals surface area (Å²) in [5.41, 5.74) is 6.07. The van der Waals surface area contributed by atoms with Crippen LogP contribution < -0.4 is 4.74 Å². The maximum absolute atomic E-state index is 11.9. The number of nitrogens with zero attached hydrogens (tertiary/aromatic N) is 1. The number of methoxy groups -OCH3 is 1. The zero-order valence-electron chi connectivity index (χ0n) is 24.4. The SMILES string of the molecule is COC(=O)c1ccc(CC(/C=C/c2ccccc2OCCCCCc2ccccc2)CCc2ccc(C#N)cc2)cc1. The zero-order chi connectivity index (χ0) is 29.4. The van der Waals surface area contributed by atoms with Gasteiger partial charge in [-0.2, -0.15) is 5.26 Å². The van der Waals surface area contributed by atoms with Gasteiger partial charge >= 0.3 is 5.97 Å². The van der Waals surface area contributed by atoms with Crippen LogP contribution in [0.25, 0.3) is 6.08 Å². The minimum atomic E-state index is -0.327. The van der Waals surface area contributed by atoms with E-state index in [4.69, 9.17) is 14.7 Å². The average Bonchev–Trinajstić information content (AvgIpc) is 3.05. The molecule has 214 valence electrons. The molecule has 42 heavy (non-hydrogen) atoms. The Bertz CT molecular complexity index is 1450. The Morgan fingerprint density at radius 3 is 2.21 bits per heavy atom. The lowest BCUT2D eigenvalue weighted by molar-refractivity contribution is 0.0600.